The van der Waals surface area contributed by atoms with E-state index in [2.05, 4.69) is 0 Å². The molecule has 0 atom stereocenters. The first-order valence-electron chi connectivity index (χ1n) is 4.80. The highest BCUT2D eigenvalue weighted by Gasteiger charge is 2.38. The Hall–Kier alpha value is -0.0100. The van der Waals surface area contributed by atoms with Gasteiger partial charge in [0.25, 0.3) is 0 Å². The van der Waals surface area contributed by atoms with Gasteiger partial charge in [-0.1, -0.05) is 13.8 Å². The van der Waals surface area contributed by atoms with Gasteiger partial charge in [0.05, 0.1) is 0 Å². The van der Waals surface area contributed by atoms with Crippen LogP contribution >= 0.6 is 11.6 Å². The number of hydrogen-bond donors (Lipinski definition) is 0. The van der Waals surface area contributed by atoms with Crippen LogP contribution in [0, 0.1) is 0 Å². The standard InChI is InChI=1S/C8H15ClF3NO2S/c1-3-7(4-2)13(5-8(10,11)12)16(14,15)6-9/h7H,3-6H2,1-2H3. The van der Waals surface area contributed by atoms with Crippen LogP contribution < -0.4 is 0 Å². The van der Waals surface area contributed by atoms with Crippen LogP contribution in [0.4, 0.5) is 13.2 Å². The molecule has 0 amide bonds. The van der Waals surface area contributed by atoms with Crippen molar-refractivity contribution in [2.45, 2.75) is 38.9 Å². The molecule has 0 bridgehead atoms. The van der Waals surface area contributed by atoms with Crippen molar-refractivity contribution in [3.63, 3.8) is 0 Å². The third-order valence-electron chi connectivity index (χ3n) is 2.18. The summed E-state index contributed by atoms with van der Waals surface area (Å²) in [5.41, 5.74) is 0. The average Bonchev–Trinajstić information content (AvgIpc) is 2.16. The van der Waals surface area contributed by atoms with Crippen molar-refractivity contribution in [1.29, 1.82) is 0 Å². The van der Waals surface area contributed by atoms with Crippen LogP contribution in [0.3, 0.4) is 0 Å². The molecule has 8 heteroatoms. The summed E-state index contributed by atoms with van der Waals surface area (Å²) in [7, 11) is -4.04. The molecule has 0 heterocycles. The van der Waals surface area contributed by atoms with Crippen LogP contribution in [0.1, 0.15) is 26.7 Å². The van der Waals surface area contributed by atoms with E-state index in [1.165, 1.54) is 0 Å². The van der Waals surface area contributed by atoms with E-state index in [1.54, 1.807) is 13.8 Å². The van der Waals surface area contributed by atoms with Gasteiger partial charge >= 0.3 is 6.18 Å². The fourth-order valence-corrected chi connectivity index (χ4v) is 2.99. The van der Waals surface area contributed by atoms with Crippen molar-refractivity contribution >= 4 is 21.6 Å². The predicted molar refractivity (Wildman–Crippen MR) is 56.8 cm³/mol. The second-order valence-corrected chi connectivity index (χ2v) is 5.86. The largest absolute Gasteiger partial charge is 0.402 e. The third-order valence-corrected chi connectivity index (χ3v) is 4.42. The summed E-state index contributed by atoms with van der Waals surface area (Å²) < 4.78 is 60.1. The third kappa shape index (κ3) is 4.88. The zero-order valence-corrected chi connectivity index (χ0v) is 10.7. The smallest absolute Gasteiger partial charge is 0.211 e. The fraction of sp³-hybridized carbons (Fsp3) is 1.00. The molecular formula is C8H15ClF3NO2S. The van der Waals surface area contributed by atoms with Gasteiger partial charge < -0.3 is 0 Å². The summed E-state index contributed by atoms with van der Waals surface area (Å²) in [6.45, 7) is 1.80. The molecule has 0 unspecified atom stereocenters. The number of rotatable bonds is 6. The van der Waals surface area contributed by atoms with E-state index in [0.29, 0.717) is 17.1 Å². The quantitative estimate of drug-likeness (QED) is 0.702. The molecule has 0 fully saturated rings. The Labute approximate surface area is 98.6 Å². The molecule has 0 aliphatic rings. The van der Waals surface area contributed by atoms with Crippen molar-refractivity contribution in [2.24, 2.45) is 0 Å². The maximum absolute atomic E-state index is 12.3. The highest BCUT2D eigenvalue weighted by molar-refractivity contribution is 7.90. The van der Waals surface area contributed by atoms with Crippen molar-refractivity contribution in [3.8, 4) is 0 Å². The van der Waals surface area contributed by atoms with E-state index < -0.39 is 34.0 Å². The molecule has 0 aromatic carbocycles. The Bertz CT molecular complexity index is 301. The molecule has 98 valence electrons. The topological polar surface area (TPSA) is 37.4 Å². The minimum atomic E-state index is -4.55. The minimum absolute atomic E-state index is 0.322. The molecule has 16 heavy (non-hydrogen) atoms. The highest BCUT2D eigenvalue weighted by atomic mass is 35.5. The lowest BCUT2D eigenvalue weighted by atomic mass is 10.2. The number of alkyl halides is 4. The zero-order chi connectivity index (χ0) is 13.0. The monoisotopic (exact) mass is 281 g/mol. The minimum Gasteiger partial charge on any atom is -0.211 e. The lowest BCUT2D eigenvalue weighted by Crippen LogP contribution is -2.45. The Morgan fingerprint density at radius 3 is 1.94 bits per heavy atom. The number of halogens is 4. The van der Waals surface area contributed by atoms with Crippen molar-refractivity contribution in [1.82, 2.24) is 4.31 Å². The fourth-order valence-electron chi connectivity index (χ4n) is 1.39. The molecule has 0 aromatic rings. The molecule has 0 rings (SSSR count). The van der Waals surface area contributed by atoms with Gasteiger partial charge in [-0.3, -0.25) is 0 Å². The van der Waals surface area contributed by atoms with E-state index in [0.717, 1.165) is 0 Å². The van der Waals surface area contributed by atoms with E-state index in [9.17, 15) is 21.6 Å². The lowest BCUT2D eigenvalue weighted by molar-refractivity contribution is -0.139. The highest BCUT2D eigenvalue weighted by Crippen LogP contribution is 2.23. The summed E-state index contributed by atoms with van der Waals surface area (Å²) in [5, 5.41) is -0.834. The Balaban J connectivity index is 5.06. The van der Waals surface area contributed by atoms with E-state index in [1.807, 2.05) is 0 Å². The molecular weight excluding hydrogens is 267 g/mol. The molecule has 0 spiro atoms. The van der Waals surface area contributed by atoms with Crippen LogP contribution in [0.15, 0.2) is 0 Å². The Morgan fingerprint density at radius 2 is 1.69 bits per heavy atom. The van der Waals surface area contributed by atoms with Gasteiger partial charge in [0.2, 0.25) is 10.0 Å². The van der Waals surface area contributed by atoms with Crippen molar-refractivity contribution in [2.75, 3.05) is 11.8 Å². The van der Waals surface area contributed by atoms with E-state index >= 15 is 0 Å². The normalized spacial score (nSPS) is 13.8. The van der Waals surface area contributed by atoms with Gasteiger partial charge in [-0.15, -0.1) is 11.6 Å². The predicted octanol–water partition coefficient (Wildman–Crippen LogP) is 2.57. The van der Waals surface area contributed by atoms with Crippen molar-refractivity contribution < 1.29 is 21.6 Å². The van der Waals surface area contributed by atoms with Gasteiger partial charge in [-0.25, -0.2) is 8.42 Å². The molecule has 0 aliphatic carbocycles. The first-order chi connectivity index (χ1) is 7.18. The Morgan fingerprint density at radius 1 is 1.25 bits per heavy atom. The first kappa shape index (κ1) is 16.0. The van der Waals surface area contributed by atoms with Gasteiger partial charge in [0.15, 0.2) is 0 Å². The molecule has 0 saturated carbocycles. The molecule has 3 nitrogen and oxygen atoms in total. The van der Waals surface area contributed by atoms with Gasteiger partial charge in [0.1, 0.15) is 11.8 Å². The van der Waals surface area contributed by atoms with E-state index in [-0.39, 0.29) is 0 Å². The summed E-state index contributed by atoms with van der Waals surface area (Å²) in [5.74, 6) is 0. The second kappa shape index (κ2) is 6.07. The van der Waals surface area contributed by atoms with Gasteiger partial charge in [-0.2, -0.15) is 17.5 Å². The zero-order valence-electron chi connectivity index (χ0n) is 9.09. The summed E-state index contributed by atoms with van der Waals surface area (Å²) in [6.07, 6.45) is -3.91. The second-order valence-electron chi connectivity index (χ2n) is 3.35. The van der Waals surface area contributed by atoms with Crippen LogP contribution in [-0.4, -0.2) is 36.7 Å². The SMILES string of the molecule is CCC(CC)N(CC(F)(F)F)S(=O)(=O)CCl. The molecule has 0 saturated heterocycles. The summed E-state index contributed by atoms with van der Waals surface area (Å²) in [4.78, 5) is 0. The van der Waals surface area contributed by atoms with Crippen LogP contribution in [-0.2, 0) is 10.0 Å². The molecule has 0 aromatic heterocycles. The number of hydrogen-bond acceptors (Lipinski definition) is 2. The summed E-state index contributed by atoms with van der Waals surface area (Å²) >= 11 is 5.18. The first-order valence-corrected chi connectivity index (χ1v) is 6.94. The van der Waals surface area contributed by atoms with Crippen LogP contribution in [0.2, 0.25) is 0 Å². The molecule has 0 radical (unpaired) electrons. The van der Waals surface area contributed by atoms with Crippen LogP contribution in [0.25, 0.3) is 0 Å². The van der Waals surface area contributed by atoms with Crippen LogP contribution in [0.5, 0.6) is 0 Å². The maximum atomic E-state index is 12.3. The van der Waals surface area contributed by atoms with Crippen molar-refractivity contribution in [3.05, 3.63) is 0 Å². The number of sulfonamides is 1. The van der Waals surface area contributed by atoms with E-state index in [4.69, 9.17) is 11.6 Å². The van der Waals surface area contributed by atoms with Gasteiger partial charge in [0, 0.05) is 6.04 Å². The van der Waals surface area contributed by atoms with Gasteiger partial charge in [-0.05, 0) is 12.8 Å². The maximum Gasteiger partial charge on any atom is 0.402 e. The number of nitrogens with zero attached hydrogens (tertiary/aromatic N) is 1. The molecule has 0 N–H and O–H groups in total. The Kier molecular flexibility index (Phi) is 6.06. The summed E-state index contributed by atoms with van der Waals surface area (Å²) in [6, 6.07) is -0.662. The molecule has 0 aliphatic heterocycles. The lowest BCUT2D eigenvalue weighted by Gasteiger charge is -2.29. The average molecular weight is 282 g/mol.